The summed E-state index contributed by atoms with van der Waals surface area (Å²) in [6, 6.07) is 0. The van der Waals surface area contributed by atoms with Crippen molar-refractivity contribution in [3.8, 4) is 0 Å². The zero-order valence-corrected chi connectivity index (χ0v) is 50.9. The molecule has 0 rings (SSSR count). The molecule has 0 aliphatic carbocycles. The lowest BCUT2D eigenvalue weighted by Crippen LogP contribution is -2.30. The normalized spacial score (nSPS) is 14.4. The monoisotopic (exact) mass is 1140 g/mol. The number of carbonyl (C=O) groups excluding carboxylic acids is 4. The highest BCUT2D eigenvalue weighted by atomic mass is 31.2. The first-order chi connectivity index (χ1) is 37.0. The van der Waals surface area contributed by atoms with Crippen LogP contribution >= 0.6 is 15.6 Å². The Labute approximate surface area is 467 Å². The van der Waals surface area contributed by atoms with Gasteiger partial charge < -0.3 is 33.8 Å². The predicted octanol–water partition coefficient (Wildman–Crippen LogP) is 15.5. The maximum atomic E-state index is 12.9. The molecular formula is C58H112O17P2. The maximum absolute atomic E-state index is 12.9. The van der Waals surface area contributed by atoms with Gasteiger partial charge in [0.2, 0.25) is 0 Å². The Bertz CT molecular complexity index is 1520. The minimum atomic E-state index is -4.94. The highest BCUT2D eigenvalue weighted by Gasteiger charge is 2.30. The van der Waals surface area contributed by atoms with Gasteiger partial charge in [-0.2, -0.15) is 0 Å². The van der Waals surface area contributed by atoms with Crippen molar-refractivity contribution in [1.82, 2.24) is 0 Å². The highest BCUT2D eigenvalue weighted by Crippen LogP contribution is 2.45. The molecule has 0 fully saturated rings. The van der Waals surface area contributed by atoms with E-state index in [0.29, 0.717) is 31.6 Å². The van der Waals surface area contributed by atoms with E-state index >= 15 is 0 Å². The maximum Gasteiger partial charge on any atom is 0.472 e. The molecule has 0 radical (unpaired) electrons. The third-order valence-corrected chi connectivity index (χ3v) is 15.2. The lowest BCUT2D eigenvalue weighted by molar-refractivity contribution is -0.161. The lowest BCUT2D eigenvalue weighted by atomic mass is 10.0. The molecule has 0 aromatic carbocycles. The minimum Gasteiger partial charge on any atom is -0.462 e. The molecule has 0 saturated heterocycles. The standard InChI is InChI=1S/C58H112O17P2/c1-6-9-12-15-18-20-21-22-23-28-34-39-44-58(63)75-54(48-69-56(61)42-37-32-29-24-26-30-35-40-51(4)5)50-73-77(66,67)71-46-52(59)45-70-76(64,65)72-49-53(47-68-55(60)41-36-31-25-17-14-11-8-3)74-57(62)43-38-33-27-19-16-13-10-7-2/h51-54,59H,6-50H2,1-5H3,(H,64,65)(H,66,67)/t52-,53+,54+/m0/s1. The van der Waals surface area contributed by atoms with Gasteiger partial charge in [-0.3, -0.25) is 37.3 Å². The summed E-state index contributed by atoms with van der Waals surface area (Å²) in [6.07, 6.45) is 33.6. The van der Waals surface area contributed by atoms with E-state index in [9.17, 15) is 43.2 Å². The summed E-state index contributed by atoms with van der Waals surface area (Å²) in [5, 5.41) is 10.5. The number of carbonyl (C=O) groups is 4. The van der Waals surface area contributed by atoms with E-state index in [0.717, 1.165) is 116 Å². The van der Waals surface area contributed by atoms with Crippen molar-refractivity contribution in [3.05, 3.63) is 0 Å². The van der Waals surface area contributed by atoms with Gasteiger partial charge in [0, 0.05) is 25.7 Å². The van der Waals surface area contributed by atoms with Gasteiger partial charge in [-0.15, -0.1) is 0 Å². The Balaban J connectivity index is 5.20. The number of esters is 4. The smallest absolute Gasteiger partial charge is 0.462 e. The molecule has 0 amide bonds. The van der Waals surface area contributed by atoms with Crippen LogP contribution in [0.4, 0.5) is 0 Å². The average Bonchev–Trinajstić information content (AvgIpc) is 3.39. The first kappa shape index (κ1) is 75.1. The van der Waals surface area contributed by atoms with Crippen LogP contribution in [0.5, 0.6) is 0 Å². The number of unbranched alkanes of at least 4 members (excludes halogenated alkanes) is 30. The summed E-state index contributed by atoms with van der Waals surface area (Å²) < 4.78 is 67.6. The van der Waals surface area contributed by atoms with Gasteiger partial charge in [0.25, 0.3) is 0 Å². The fourth-order valence-electron chi connectivity index (χ4n) is 8.52. The van der Waals surface area contributed by atoms with Gasteiger partial charge in [0.05, 0.1) is 26.4 Å². The van der Waals surface area contributed by atoms with Crippen LogP contribution in [0.3, 0.4) is 0 Å². The van der Waals surface area contributed by atoms with Crippen molar-refractivity contribution < 1.29 is 80.2 Å². The van der Waals surface area contributed by atoms with Gasteiger partial charge in [-0.25, -0.2) is 9.13 Å². The molecule has 0 saturated carbocycles. The Hall–Kier alpha value is -1.94. The lowest BCUT2D eigenvalue weighted by Gasteiger charge is -2.21. The predicted molar refractivity (Wildman–Crippen MR) is 303 cm³/mol. The molecule has 0 aliphatic rings. The van der Waals surface area contributed by atoms with Gasteiger partial charge in [-0.1, -0.05) is 234 Å². The van der Waals surface area contributed by atoms with Gasteiger partial charge in [0.15, 0.2) is 12.2 Å². The Morgan fingerprint density at radius 1 is 0.351 bits per heavy atom. The van der Waals surface area contributed by atoms with Crippen LogP contribution in [0.15, 0.2) is 0 Å². The molecular weight excluding hydrogens is 1030 g/mol. The summed E-state index contributed by atoms with van der Waals surface area (Å²) in [5.74, 6) is -1.44. The molecule has 3 N–H and O–H groups in total. The molecule has 0 aromatic rings. The molecule has 0 bridgehead atoms. The van der Waals surface area contributed by atoms with Crippen molar-refractivity contribution in [2.24, 2.45) is 5.92 Å². The Morgan fingerprint density at radius 2 is 0.597 bits per heavy atom. The molecule has 19 heteroatoms. The fourth-order valence-corrected chi connectivity index (χ4v) is 10.1. The zero-order chi connectivity index (χ0) is 57.1. The Morgan fingerprint density at radius 3 is 0.883 bits per heavy atom. The molecule has 0 aromatic heterocycles. The number of ether oxygens (including phenoxy) is 4. The molecule has 5 atom stereocenters. The van der Waals surface area contributed by atoms with E-state index < -0.39 is 97.5 Å². The first-order valence-corrected chi connectivity index (χ1v) is 33.6. The molecule has 0 spiro atoms. The van der Waals surface area contributed by atoms with Crippen molar-refractivity contribution in [1.29, 1.82) is 0 Å². The van der Waals surface area contributed by atoms with E-state index in [2.05, 4.69) is 34.6 Å². The summed E-state index contributed by atoms with van der Waals surface area (Å²) in [7, 11) is -9.86. The third-order valence-electron chi connectivity index (χ3n) is 13.3. The number of aliphatic hydroxyl groups excluding tert-OH is 1. The molecule has 0 heterocycles. The van der Waals surface area contributed by atoms with Crippen LogP contribution in [-0.4, -0.2) is 96.7 Å². The SMILES string of the molecule is CCCCCCCCCCCCCCC(=O)O[C@H](COC(=O)CCCCCCCCCC(C)C)COP(=O)(O)OC[C@@H](O)COP(=O)(O)OC[C@@H](COC(=O)CCCCCCCCC)OC(=O)CCCCCCCCCC. The average molecular weight is 1140 g/mol. The summed E-state index contributed by atoms with van der Waals surface area (Å²) in [6.45, 7) is 7.02. The van der Waals surface area contributed by atoms with E-state index in [1.807, 2.05) is 0 Å². The second kappa shape index (κ2) is 52.2. The van der Waals surface area contributed by atoms with Crippen molar-refractivity contribution in [2.75, 3.05) is 39.6 Å². The molecule has 17 nitrogen and oxygen atoms in total. The molecule has 456 valence electrons. The summed E-state index contributed by atoms with van der Waals surface area (Å²) in [4.78, 5) is 71.7. The largest absolute Gasteiger partial charge is 0.472 e. The van der Waals surface area contributed by atoms with Crippen LogP contribution in [0.2, 0.25) is 0 Å². The molecule has 2 unspecified atom stereocenters. The number of hydrogen-bond acceptors (Lipinski definition) is 15. The van der Waals surface area contributed by atoms with Crippen LogP contribution in [0.25, 0.3) is 0 Å². The van der Waals surface area contributed by atoms with Crippen molar-refractivity contribution >= 4 is 39.5 Å². The van der Waals surface area contributed by atoms with E-state index in [1.54, 1.807) is 0 Å². The first-order valence-electron chi connectivity index (χ1n) is 30.6. The van der Waals surface area contributed by atoms with Gasteiger partial charge in [0.1, 0.15) is 19.3 Å². The number of phosphoric ester groups is 2. The summed E-state index contributed by atoms with van der Waals surface area (Å²) in [5.41, 5.74) is 0. The van der Waals surface area contributed by atoms with Crippen molar-refractivity contribution in [2.45, 2.75) is 303 Å². The van der Waals surface area contributed by atoms with E-state index in [1.165, 1.54) is 83.5 Å². The zero-order valence-electron chi connectivity index (χ0n) is 49.1. The minimum absolute atomic E-state index is 0.104. The van der Waals surface area contributed by atoms with E-state index in [-0.39, 0.29) is 25.7 Å². The van der Waals surface area contributed by atoms with Crippen LogP contribution in [-0.2, 0) is 65.4 Å². The van der Waals surface area contributed by atoms with Crippen LogP contribution in [0, 0.1) is 5.92 Å². The topological polar surface area (TPSA) is 237 Å². The summed E-state index contributed by atoms with van der Waals surface area (Å²) >= 11 is 0. The molecule has 0 aliphatic heterocycles. The van der Waals surface area contributed by atoms with Crippen molar-refractivity contribution in [3.63, 3.8) is 0 Å². The number of aliphatic hydroxyl groups is 1. The molecule has 77 heavy (non-hydrogen) atoms. The van der Waals surface area contributed by atoms with Gasteiger partial charge in [-0.05, 0) is 31.6 Å². The number of rotatable bonds is 58. The Kier molecular flexibility index (Phi) is 50.8. The highest BCUT2D eigenvalue weighted by molar-refractivity contribution is 7.47. The van der Waals surface area contributed by atoms with Crippen LogP contribution in [0.1, 0.15) is 285 Å². The number of phosphoric acid groups is 2. The second-order valence-electron chi connectivity index (χ2n) is 21.5. The van der Waals surface area contributed by atoms with Crippen LogP contribution < -0.4 is 0 Å². The number of hydrogen-bond donors (Lipinski definition) is 3. The van der Waals surface area contributed by atoms with Gasteiger partial charge >= 0.3 is 39.5 Å². The quantitative estimate of drug-likeness (QED) is 0.0222. The third kappa shape index (κ3) is 53.2. The second-order valence-corrected chi connectivity index (χ2v) is 24.4. The van der Waals surface area contributed by atoms with E-state index in [4.69, 9.17) is 37.0 Å². The fraction of sp³-hybridized carbons (Fsp3) is 0.931.